The third-order valence-electron chi connectivity index (χ3n) is 5.61. The van der Waals surface area contributed by atoms with E-state index < -0.39 is 0 Å². The molecule has 1 unspecified atom stereocenters. The Labute approximate surface area is 198 Å². The second kappa shape index (κ2) is 15.4. The van der Waals surface area contributed by atoms with Gasteiger partial charge in [-0.25, -0.2) is 14.5 Å². The molecule has 0 aliphatic rings. The molecule has 33 heavy (non-hydrogen) atoms. The summed E-state index contributed by atoms with van der Waals surface area (Å²) in [5.74, 6) is 1.63. The molecule has 3 rings (SSSR count). The SMILES string of the molecule is CCCCCCCCCCCc1ncc(C(C)C#N)[nH]1.N#Cn1ccnc1-c1ccccc1. The van der Waals surface area contributed by atoms with Crippen LogP contribution in [0.15, 0.2) is 48.9 Å². The van der Waals surface area contributed by atoms with Crippen molar-refractivity contribution in [3.05, 3.63) is 60.4 Å². The fraction of sp³-hybridized carbons (Fsp3) is 0.481. The van der Waals surface area contributed by atoms with Gasteiger partial charge in [-0.3, -0.25) is 0 Å². The molecule has 0 saturated carbocycles. The van der Waals surface area contributed by atoms with Gasteiger partial charge in [-0.15, -0.1) is 0 Å². The van der Waals surface area contributed by atoms with Crippen LogP contribution in [-0.2, 0) is 6.42 Å². The highest BCUT2D eigenvalue weighted by molar-refractivity contribution is 5.55. The van der Waals surface area contributed by atoms with E-state index in [-0.39, 0.29) is 5.92 Å². The number of aromatic amines is 1. The fourth-order valence-corrected chi connectivity index (χ4v) is 3.58. The first-order valence-electron chi connectivity index (χ1n) is 12.1. The highest BCUT2D eigenvalue weighted by atomic mass is 15.0. The van der Waals surface area contributed by atoms with E-state index >= 15 is 0 Å². The second-order valence-corrected chi connectivity index (χ2v) is 8.30. The average Bonchev–Trinajstić information content (AvgIpc) is 3.53. The first-order chi connectivity index (χ1) is 16.2. The van der Waals surface area contributed by atoms with Crippen molar-refractivity contribution in [1.29, 1.82) is 10.5 Å². The number of hydrogen-bond donors (Lipinski definition) is 1. The van der Waals surface area contributed by atoms with Crippen molar-refractivity contribution in [3.63, 3.8) is 0 Å². The lowest BCUT2D eigenvalue weighted by atomic mass is 10.1. The van der Waals surface area contributed by atoms with Gasteiger partial charge in [-0.2, -0.15) is 10.5 Å². The molecule has 2 aromatic heterocycles. The predicted octanol–water partition coefficient (Wildman–Crippen LogP) is 6.99. The summed E-state index contributed by atoms with van der Waals surface area (Å²) in [6, 6.07) is 11.9. The van der Waals surface area contributed by atoms with Crippen LogP contribution in [-0.4, -0.2) is 19.5 Å². The summed E-state index contributed by atoms with van der Waals surface area (Å²) in [6.45, 7) is 4.16. The molecule has 6 nitrogen and oxygen atoms in total. The van der Waals surface area contributed by atoms with Crippen LogP contribution in [0.1, 0.15) is 89.1 Å². The molecule has 0 aliphatic heterocycles. The van der Waals surface area contributed by atoms with Crippen molar-refractivity contribution in [1.82, 2.24) is 19.5 Å². The molecule has 2 heterocycles. The van der Waals surface area contributed by atoms with Gasteiger partial charge in [0.15, 0.2) is 12.0 Å². The van der Waals surface area contributed by atoms with Gasteiger partial charge in [0, 0.05) is 30.6 Å². The maximum Gasteiger partial charge on any atom is 0.190 e. The second-order valence-electron chi connectivity index (χ2n) is 8.30. The molecule has 1 N–H and O–H groups in total. The maximum absolute atomic E-state index is 8.85. The van der Waals surface area contributed by atoms with Gasteiger partial charge >= 0.3 is 0 Å². The Morgan fingerprint density at radius 3 is 2.24 bits per heavy atom. The summed E-state index contributed by atoms with van der Waals surface area (Å²) in [5, 5.41) is 17.6. The van der Waals surface area contributed by atoms with E-state index in [1.807, 2.05) is 43.4 Å². The van der Waals surface area contributed by atoms with E-state index in [0.717, 1.165) is 23.5 Å². The Balaban J connectivity index is 0.000000254. The molecule has 174 valence electrons. The minimum Gasteiger partial charge on any atom is -0.345 e. The summed E-state index contributed by atoms with van der Waals surface area (Å²) in [7, 11) is 0. The molecular formula is C27H36N6. The third kappa shape index (κ3) is 9.33. The monoisotopic (exact) mass is 444 g/mol. The number of aromatic nitrogens is 4. The van der Waals surface area contributed by atoms with Gasteiger partial charge in [0.2, 0.25) is 0 Å². The lowest BCUT2D eigenvalue weighted by molar-refractivity contribution is 0.562. The summed E-state index contributed by atoms with van der Waals surface area (Å²) in [5.41, 5.74) is 1.90. The van der Waals surface area contributed by atoms with E-state index in [9.17, 15) is 0 Å². The summed E-state index contributed by atoms with van der Waals surface area (Å²) in [4.78, 5) is 11.7. The van der Waals surface area contributed by atoms with Crippen LogP contribution in [0.3, 0.4) is 0 Å². The molecule has 0 radical (unpaired) electrons. The Hall–Kier alpha value is -3.38. The Kier molecular flexibility index (Phi) is 12.1. The van der Waals surface area contributed by atoms with Crippen LogP contribution in [0.2, 0.25) is 0 Å². The maximum atomic E-state index is 8.85. The van der Waals surface area contributed by atoms with E-state index in [1.54, 1.807) is 18.6 Å². The number of aryl methyl sites for hydroxylation is 1. The van der Waals surface area contributed by atoms with E-state index in [0.29, 0.717) is 5.82 Å². The van der Waals surface area contributed by atoms with Crippen LogP contribution in [0.4, 0.5) is 0 Å². The van der Waals surface area contributed by atoms with Crippen LogP contribution in [0.25, 0.3) is 11.4 Å². The van der Waals surface area contributed by atoms with Gasteiger partial charge in [-0.05, 0) is 13.3 Å². The van der Waals surface area contributed by atoms with Crippen LogP contribution >= 0.6 is 0 Å². The van der Waals surface area contributed by atoms with E-state index in [2.05, 4.69) is 27.9 Å². The highest BCUT2D eigenvalue weighted by Gasteiger charge is 2.07. The van der Waals surface area contributed by atoms with E-state index in [1.165, 1.54) is 62.4 Å². The first-order valence-corrected chi connectivity index (χ1v) is 12.1. The quantitative estimate of drug-likeness (QED) is 0.305. The van der Waals surface area contributed by atoms with Gasteiger partial charge in [0.05, 0.1) is 17.7 Å². The number of benzene rings is 1. The summed E-state index contributed by atoms with van der Waals surface area (Å²) >= 11 is 0. The molecule has 0 spiro atoms. The van der Waals surface area contributed by atoms with Gasteiger partial charge in [-0.1, -0.05) is 88.6 Å². The summed E-state index contributed by atoms with van der Waals surface area (Å²) < 4.78 is 1.44. The number of nitriles is 2. The van der Waals surface area contributed by atoms with Crippen molar-refractivity contribution in [2.45, 2.75) is 84.0 Å². The van der Waals surface area contributed by atoms with E-state index in [4.69, 9.17) is 10.5 Å². The number of nitrogens with one attached hydrogen (secondary N) is 1. The van der Waals surface area contributed by atoms with Gasteiger partial charge < -0.3 is 4.98 Å². The summed E-state index contributed by atoms with van der Waals surface area (Å²) in [6.07, 6.45) is 20.2. The Bertz CT molecular complexity index is 990. The zero-order valence-corrected chi connectivity index (χ0v) is 20.0. The number of unbranched alkanes of at least 4 members (excludes halogenated alkanes) is 8. The average molecular weight is 445 g/mol. The molecule has 0 fully saturated rings. The molecule has 1 aromatic carbocycles. The van der Waals surface area contributed by atoms with Crippen molar-refractivity contribution in [2.24, 2.45) is 0 Å². The lowest BCUT2D eigenvalue weighted by Crippen LogP contribution is -1.92. The van der Waals surface area contributed by atoms with Crippen molar-refractivity contribution < 1.29 is 0 Å². The molecule has 0 saturated heterocycles. The highest BCUT2D eigenvalue weighted by Crippen LogP contribution is 2.16. The zero-order chi connectivity index (χ0) is 23.7. The van der Waals surface area contributed by atoms with Crippen LogP contribution < -0.4 is 0 Å². The first kappa shape index (κ1) is 25.9. The molecule has 1 atom stereocenters. The molecular weight excluding hydrogens is 408 g/mol. The number of H-pyrrole nitrogens is 1. The number of imidazole rings is 2. The van der Waals surface area contributed by atoms with Crippen LogP contribution in [0.5, 0.6) is 0 Å². The number of hydrogen-bond acceptors (Lipinski definition) is 4. The predicted molar refractivity (Wildman–Crippen MR) is 132 cm³/mol. The Morgan fingerprint density at radius 1 is 0.939 bits per heavy atom. The standard InChI is InChI=1S/C17H29N3.C10H7N3/c1-3-4-5-6-7-8-9-10-11-12-17-19-14-16(20-17)15(2)13-18;11-8-13-7-6-12-10(13)9-4-2-1-3-5-9/h14-15H,3-12H2,1-2H3,(H,19,20);1-7H. The molecule has 6 heteroatoms. The third-order valence-corrected chi connectivity index (χ3v) is 5.61. The largest absolute Gasteiger partial charge is 0.345 e. The van der Waals surface area contributed by atoms with Crippen molar-refractivity contribution in [2.75, 3.05) is 0 Å². The van der Waals surface area contributed by atoms with Gasteiger partial charge in [0.25, 0.3) is 0 Å². The minimum atomic E-state index is -0.0839. The molecule has 0 aliphatic carbocycles. The minimum absolute atomic E-state index is 0.0839. The lowest BCUT2D eigenvalue weighted by Gasteiger charge is -2.01. The molecule has 3 aromatic rings. The fourth-order valence-electron chi connectivity index (χ4n) is 3.58. The Morgan fingerprint density at radius 2 is 1.61 bits per heavy atom. The van der Waals surface area contributed by atoms with Gasteiger partial charge in [0.1, 0.15) is 5.82 Å². The number of nitrogens with zero attached hydrogens (tertiary/aromatic N) is 5. The molecule has 0 bridgehead atoms. The van der Waals surface area contributed by atoms with Crippen molar-refractivity contribution >= 4 is 0 Å². The smallest absolute Gasteiger partial charge is 0.190 e. The van der Waals surface area contributed by atoms with Crippen LogP contribution in [0, 0.1) is 22.8 Å². The topological polar surface area (TPSA) is 94.1 Å². The molecule has 0 amide bonds. The number of rotatable bonds is 12. The zero-order valence-electron chi connectivity index (χ0n) is 20.0. The normalized spacial score (nSPS) is 11.2. The van der Waals surface area contributed by atoms with Crippen molar-refractivity contribution in [3.8, 4) is 23.7 Å².